The number of carbonyl (C=O) groups is 2. The van der Waals surface area contributed by atoms with Gasteiger partial charge in [-0.1, -0.05) is 41.5 Å². The third-order valence-electron chi connectivity index (χ3n) is 1.80. The van der Waals surface area contributed by atoms with Crippen LogP contribution in [0.2, 0.25) is 0 Å². The molecule has 0 rings (SSSR count). The van der Waals surface area contributed by atoms with Gasteiger partial charge < -0.3 is 5.73 Å². The van der Waals surface area contributed by atoms with Crippen LogP contribution in [0.4, 0.5) is 0 Å². The highest BCUT2D eigenvalue weighted by molar-refractivity contribution is 5.80. The number of carbonyl (C=O) groups excluding carboxylic acids is 2. The van der Waals surface area contributed by atoms with Gasteiger partial charge in [0.15, 0.2) is 0 Å². The first-order valence-electron chi connectivity index (χ1n) is 4.70. The van der Waals surface area contributed by atoms with Crippen LogP contribution in [0, 0.1) is 10.8 Å². The molecule has 0 saturated heterocycles. The number of ketones is 1. The minimum absolute atomic E-state index is 0.139. The fraction of sp³-hybridized carbons (Fsp3) is 0.818. The van der Waals surface area contributed by atoms with Crippen LogP contribution in [0.3, 0.4) is 0 Å². The summed E-state index contributed by atoms with van der Waals surface area (Å²) in [5.74, 6) is -0.0139. The van der Waals surface area contributed by atoms with Gasteiger partial charge in [-0.3, -0.25) is 9.59 Å². The standard InChI is InChI=1S/C6H12O.C5H11NO/c1-5(7)6(2,3)4;1-5(2,3)4(6)7/h1-4H3;1-3H3,(H2,6,7). The smallest absolute Gasteiger partial charge is 0.222 e. The van der Waals surface area contributed by atoms with Crippen molar-refractivity contribution in [1.29, 1.82) is 0 Å². The highest BCUT2D eigenvalue weighted by Crippen LogP contribution is 2.12. The second-order valence-electron chi connectivity index (χ2n) is 5.42. The molecule has 0 spiro atoms. The Morgan fingerprint density at radius 1 is 0.857 bits per heavy atom. The molecule has 0 aliphatic carbocycles. The van der Waals surface area contributed by atoms with Crippen molar-refractivity contribution in [3.63, 3.8) is 0 Å². The van der Waals surface area contributed by atoms with Crippen molar-refractivity contribution >= 4 is 11.7 Å². The molecule has 0 aliphatic rings. The molecule has 0 heterocycles. The maximum Gasteiger partial charge on any atom is 0.222 e. The third kappa shape index (κ3) is 9.23. The van der Waals surface area contributed by atoms with E-state index in [0.29, 0.717) is 0 Å². The molecule has 0 aromatic heterocycles. The number of hydrogen-bond donors (Lipinski definition) is 1. The van der Waals surface area contributed by atoms with Crippen LogP contribution in [0.15, 0.2) is 0 Å². The van der Waals surface area contributed by atoms with E-state index >= 15 is 0 Å². The van der Waals surface area contributed by atoms with E-state index in [1.807, 2.05) is 20.8 Å². The van der Waals surface area contributed by atoms with E-state index in [2.05, 4.69) is 0 Å². The van der Waals surface area contributed by atoms with Crippen molar-refractivity contribution in [2.24, 2.45) is 16.6 Å². The van der Waals surface area contributed by atoms with Crippen LogP contribution in [0.25, 0.3) is 0 Å². The van der Waals surface area contributed by atoms with Crippen molar-refractivity contribution in [3.8, 4) is 0 Å². The van der Waals surface area contributed by atoms with Crippen molar-refractivity contribution in [3.05, 3.63) is 0 Å². The average molecular weight is 201 g/mol. The molecule has 2 N–H and O–H groups in total. The molecule has 14 heavy (non-hydrogen) atoms. The fourth-order valence-corrected chi connectivity index (χ4v) is 0. The van der Waals surface area contributed by atoms with E-state index in [9.17, 15) is 9.59 Å². The SMILES string of the molecule is CC(=O)C(C)(C)C.CC(C)(C)C(N)=O. The highest BCUT2D eigenvalue weighted by atomic mass is 16.1. The maximum atomic E-state index is 10.5. The van der Waals surface area contributed by atoms with Gasteiger partial charge in [0.05, 0.1) is 0 Å². The topological polar surface area (TPSA) is 60.2 Å². The van der Waals surface area contributed by atoms with Gasteiger partial charge in [0.25, 0.3) is 0 Å². The molecule has 3 nitrogen and oxygen atoms in total. The summed E-state index contributed by atoms with van der Waals surface area (Å²) in [6, 6.07) is 0. The molecule has 0 aliphatic heterocycles. The van der Waals surface area contributed by atoms with E-state index in [-0.39, 0.29) is 22.5 Å². The Kier molecular flexibility index (Phi) is 5.72. The molecule has 0 bridgehead atoms. The van der Waals surface area contributed by atoms with Crippen LogP contribution in [-0.4, -0.2) is 11.7 Å². The zero-order chi connectivity index (χ0) is 12.2. The Labute approximate surface area is 87.1 Å². The molecule has 0 saturated carbocycles. The molecule has 0 fully saturated rings. The summed E-state index contributed by atoms with van der Waals surface area (Å²) < 4.78 is 0. The van der Waals surface area contributed by atoms with E-state index in [4.69, 9.17) is 5.73 Å². The fourth-order valence-electron chi connectivity index (χ4n) is 0. The zero-order valence-corrected chi connectivity index (χ0v) is 10.4. The van der Waals surface area contributed by atoms with E-state index in [0.717, 1.165) is 0 Å². The van der Waals surface area contributed by atoms with Gasteiger partial charge in [0.2, 0.25) is 5.91 Å². The van der Waals surface area contributed by atoms with Gasteiger partial charge in [-0.2, -0.15) is 0 Å². The predicted octanol–water partition coefficient (Wildman–Crippen LogP) is 2.14. The summed E-state index contributed by atoms with van der Waals surface area (Å²) in [5, 5.41) is 0. The van der Waals surface area contributed by atoms with Crippen LogP contribution in [0.1, 0.15) is 48.5 Å². The normalized spacial score (nSPS) is 11.4. The molecular formula is C11H23NO2. The first-order valence-corrected chi connectivity index (χ1v) is 4.70. The van der Waals surface area contributed by atoms with Crippen LogP contribution >= 0.6 is 0 Å². The minimum Gasteiger partial charge on any atom is -0.369 e. The van der Waals surface area contributed by atoms with Gasteiger partial charge in [-0.25, -0.2) is 0 Å². The lowest BCUT2D eigenvalue weighted by Gasteiger charge is -2.11. The van der Waals surface area contributed by atoms with Crippen molar-refractivity contribution in [1.82, 2.24) is 0 Å². The highest BCUT2D eigenvalue weighted by Gasteiger charge is 2.16. The molecule has 0 aromatic carbocycles. The Morgan fingerprint density at radius 3 is 1.00 bits per heavy atom. The lowest BCUT2D eigenvalue weighted by molar-refractivity contribution is -0.125. The number of Topliss-reactive ketones (excluding diaryl/α,β-unsaturated/α-hetero) is 1. The third-order valence-corrected chi connectivity index (χ3v) is 1.80. The zero-order valence-electron chi connectivity index (χ0n) is 10.4. The molecule has 0 aromatic rings. The van der Waals surface area contributed by atoms with Gasteiger partial charge >= 0.3 is 0 Å². The lowest BCUT2D eigenvalue weighted by Crippen LogP contribution is -2.27. The molecule has 1 amide bonds. The predicted molar refractivity (Wildman–Crippen MR) is 58.8 cm³/mol. The Hall–Kier alpha value is -0.860. The van der Waals surface area contributed by atoms with Crippen LogP contribution < -0.4 is 5.73 Å². The summed E-state index contributed by atoms with van der Waals surface area (Å²) >= 11 is 0. The van der Waals surface area contributed by atoms with Crippen LogP contribution in [0.5, 0.6) is 0 Å². The monoisotopic (exact) mass is 201 g/mol. The van der Waals surface area contributed by atoms with Crippen LogP contribution in [-0.2, 0) is 9.59 Å². The van der Waals surface area contributed by atoms with Gasteiger partial charge in [0.1, 0.15) is 5.78 Å². The molecule has 0 atom stereocenters. The van der Waals surface area contributed by atoms with Gasteiger partial charge in [-0.05, 0) is 6.92 Å². The first kappa shape index (κ1) is 15.6. The Balaban J connectivity index is 0. The summed E-state index contributed by atoms with van der Waals surface area (Å²) in [7, 11) is 0. The van der Waals surface area contributed by atoms with E-state index < -0.39 is 0 Å². The van der Waals surface area contributed by atoms with Crippen molar-refractivity contribution in [2.45, 2.75) is 48.5 Å². The summed E-state index contributed by atoms with van der Waals surface area (Å²) in [4.78, 5) is 20.7. The second kappa shape index (κ2) is 5.13. The van der Waals surface area contributed by atoms with Gasteiger partial charge in [-0.15, -0.1) is 0 Å². The number of rotatable bonds is 0. The maximum absolute atomic E-state index is 10.5. The van der Waals surface area contributed by atoms with E-state index in [1.54, 1.807) is 27.7 Å². The van der Waals surface area contributed by atoms with Crippen molar-refractivity contribution < 1.29 is 9.59 Å². The Morgan fingerprint density at radius 2 is 1.00 bits per heavy atom. The second-order valence-corrected chi connectivity index (χ2v) is 5.42. The number of primary amides is 1. The minimum atomic E-state index is -0.361. The lowest BCUT2D eigenvalue weighted by atomic mass is 9.92. The van der Waals surface area contributed by atoms with E-state index in [1.165, 1.54) is 0 Å². The Bertz CT molecular complexity index is 182. The molecule has 3 heteroatoms. The summed E-state index contributed by atoms with van der Waals surface area (Å²) in [5.41, 5.74) is 4.43. The average Bonchev–Trinajstić information content (AvgIpc) is 1.83. The number of nitrogens with two attached hydrogens (primary N) is 1. The quantitative estimate of drug-likeness (QED) is 0.652. The summed E-state index contributed by atoms with van der Waals surface area (Å²) in [6.45, 7) is 12.7. The summed E-state index contributed by atoms with van der Waals surface area (Å²) in [6.07, 6.45) is 0. The molecule has 0 radical (unpaired) electrons. The molecule has 0 unspecified atom stereocenters. The number of amides is 1. The van der Waals surface area contributed by atoms with Crippen molar-refractivity contribution in [2.75, 3.05) is 0 Å². The number of hydrogen-bond acceptors (Lipinski definition) is 2. The largest absolute Gasteiger partial charge is 0.369 e. The molecular weight excluding hydrogens is 178 g/mol. The first-order chi connectivity index (χ1) is 5.89. The molecule has 84 valence electrons. The van der Waals surface area contributed by atoms with Gasteiger partial charge in [0, 0.05) is 10.8 Å².